The first-order valence-electron chi connectivity index (χ1n) is 11.9. The summed E-state index contributed by atoms with van der Waals surface area (Å²) < 4.78 is 49.3. The van der Waals surface area contributed by atoms with Crippen molar-refractivity contribution in [3.63, 3.8) is 0 Å². The third-order valence-corrected chi connectivity index (χ3v) is 5.92. The Balaban J connectivity index is 1.66. The third-order valence-electron chi connectivity index (χ3n) is 5.92. The number of ether oxygens (including phenoxy) is 2. The number of halogens is 3. The number of nitrogens with one attached hydrogen (secondary N) is 1. The molecule has 0 bridgehead atoms. The maximum absolute atomic E-state index is 12.9. The van der Waals surface area contributed by atoms with Crippen LogP contribution in [-0.4, -0.2) is 24.1 Å². The van der Waals surface area contributed by atoms with Gasteiger partial charge in [-0.2, -0.15) is 13.2 Å². The predicted octanol–water partition coefficient (Wildman–Crippen LogP) is 7.14. The summed E-state index contributed by atoms with van der Waals surface area (Å²) in [6, 6.07) is 17.2. The Kier molecular flexibility index (Phi) is 8.31. The molecule has 1 N–H and O–H groups in total. The number of carbonyl (C=O) groups excluding carboxylic acids is 2. The summed E-state index contributed by atoms with van der Waals surface area (Å²) in [7, 11) is 0. The fraction of sp³-hybridized carbons (Fsp3) is 0.310. The molecule has 0 saturated carbocycles. The van der Waals surface area contributed by atoms with Gasteiger partial charge in [-0.3, -0.25) is 4.79 Å². The van der Waals surface area contributed by atoms with E-state index in [1.54, 1.807) is 64.1 Å². The maximum atomic E-state index is 12.9. The molecule has 1 amide bonds. The Bertz CT molecular complexity index is 1250. The molecule has 0 radical (unpaired) electrons. The standard InChI is InChI=1S/C29H30F3NO4/c1-6-36-27(35)28(4,5)37-25-16-11-22(17-18(25)2)19(3)26(34)33-24-14-9-21(10-15-24)20-7-12-23(13-8-20)29(30,31)32/h7-17,19H,6H2,1-5H3,(H,33,34). The van der Waals surface area contributed by atoms with Crippen LogP contribution in [0.5, 0.6) is 5.75 Å². The molecule has 3 aromatic rings. The first-order chi connectivity index (χ1) is 17.3. The van der Waals surface area contributed by atoms with Crippen LogP contribution in [0.1, 0.15) is 50.3 Å². The zero-order chi connectivity index (χ0) is 27.4. The number of alkyl halides is 3. The number of esters is 1. The number of carbonyl (C=O) groups is 2. The second kappa shape index (κ2) is 11.1. The van der Waals surface area contributed by atoms with E-state index >= 15 is 0 Å². The molecule has 5 nitrogen and oxygen atoms in total. The number of aryl methyl sites for hydroxylation is 1. The third kappa shape index (κ3) is 6.90. The Labute approximate surface area is 214 Å². The molecule has 0 aliphatic rings. The van der Waals surface area contributed by atoms with Crippen molar-refractivity contribution >= 4 is 17.6 Å². The highest BCUT2D eigenvalue weighted by atomic mass is 19.4. The minimum absolute atomic E-state index is 0.220. The van der Waals surface area contributed by atoms with Crippen LogP contribution in [0.2, 0.25) is 0 Å². The molecule has 37 heavy (non-hydrogen) atoms. The van der Waals surface area contributed by atoms with Crippen LogP contribution >= 0.6 is 0 Å². The molecule has 0 saturated heterocycles. The van der Waals surface area contributed by atoms with E-state index in [0.29, 0.717) is 17.0 Å². The van der Waals surface area contributed by atoms with Gasteiger partial charge in [-0.1, -0.05) is 36.4 Å². The minimum atomic E-state index is -4.38. The summed E-state index contributed by atoms with van der Waals surface area (Å²) in [4.78, 5) is 25.0. The topological polar surface area (TPSA) is 64.6 Å². The molecule has 3 rings (SSSR count). The average Bonchev–Trinajstić information content (AvgIpc) is 2.85. The lowest BCUT2D eigenvalue weighted by atomic mass is 9.97. The summed E-state index contributed by atoms with van der Waals surface area (Å²) in [5.41, 5.74) is 1.64. The van der Waals surface area contributed by atoms with E-state index in [0.717, 1.165) is 28.8 Å². The van der Waals surface area contributed by atoms with E-state index in [9.17, 15) is 22.8 Å². The zero-order valence-corrected chi connectivity index (χ0v) is 21.4. The van der Waals surface area contributed by atoms with Crippen molar-refractivity contribution in [1.29, 1.82) is 0 Å². The minimum Gasteiger partial charge on any atom is -0.476 e. The molecule has 196 valence electrons. The maximum Gasteiger partial charge on any atom is 0.416 e. The van der Waals surface area contributed by atoms with E-state index in [4.69, 9.17) is 9.47 Å². The fourth-order valence-electron chi connectivity index (χ4n) is 3.68. The second-order valence-corrected chi connectivity index (χ2v) is 9.22. The van der Waals surface area contributed by atoms with Gasteiger partial charge < -0.3 is 14.8 Å². The molecule has 0 aliphatic heterocycles. The summed E-state index contributed by atoms with van der Waals surface area (Å²) in [5.74, 6) is -0.633. The average molecular weight is 514 g/mol. The molecule has 0 heterocycles. The van der Waals surface area contributed by atoms with Crippen LogP contribution in [-0.2, 0) is 20.5 Å². The lowest BCUT2D eigenvalue weighted by Gasteiger charge is -2.25. The van der Waals surface area contributed by atoms with Crippen molar-refractivity contribution in [1.82, 2.24) is 0 Å². The van der Waals surface area contributed by atoms with E-state index in [-0.39, 0.29) is 12.5 Å². The fourth-order valence-corrected chi connectivity index (χ4v) is 3.68. The van der Waals surface area contributed by atoms with E-state index < -0.39 is 29.2 Å². The van der Waals surface area contributed by atoms with Gasteiger partial charge in [-0.25, -0.2) is 4.79 Å². The lowest BCUT2D eigenvalue weighted by molar-refractivity contribution is -0.158. The molecule has 0 aromatic heterocycles. The van der Waals surface area contributed by atoms with E-state index in [1.165, 1.54) is 12.1 Å². The van der Waals surface area contributed by atoms with Crippen LogP contribution < -0.4 is 10.1 Å². The summed E-state index contributed by atoms with van der Waals surface area (Å²) in [6.45, 7) is 8.88. The zero-order valence-electron chi connectivity index (χ0n) is 21.4. The van der Waals surface area contributed by atoms with Crippen LogP contribution in [0.4, 0.5) is 18.9 Å². The molecule has 1 atom stereocenters. The monoisotopic (exact) mass is 513 g/mol. The van der Waals surface area contributed by atoms with Gasteiger partial charge in [0.1, 0.15) is 5.75 Å². The number of hydrogen-bond acceptors (Lipinski definition) is 4. The van der Waals surface area contributed by atoms with Gasteiger partial charge in [0.25, 0.3) is 0 Å². The van der Waals surface area contributed by atoms with Gasteiger partial charge in [0.15, 0.2) is 5.60 Å². The lowest BCUT2D eigenvalue weighted by Crippen LogP contribution is -2.39. The number of anilines is 1. The summed E-state index contributed by atoms with van der Waals surface area (Å²) >= 11 is 0. The Morgan fingerprint density at radius 1 is 0.919 bits per heavy atom. The van der Waals surface area contributed by atoms with Crippen LogP contribution in [0, 0.1) is 6.92 Å². The highest BCUT2D eigenvalue weighted by Gasteiger charge is 2.32. The van der Waals surface area contributed by atoms with E-state index in [2.05, 4.69) is 5.32 Å². The first kappa shape index (κ1) is 27.8. The van der Waals surface area contributed by atoms with Crippen molar-refractivity contribution in [2.24, 2.45) is 0 Å². The second-order valence-electron chi connectivity index (χ2n) is 9.22. The normalized spacial score (nSPS) is 12.5. The first-order valence-corrected chi connectivity index (χ1v) is 11.9. The largest absolute Gasteiger partial charge is 0.476 e. The number of benzene rings is 3. The smallest absolute Gasteiger partial charge is 0.416 e. The molecular weight excluding hydrogens is 483 g/mol. The SMILES string of the molecule is CCOC(=O)C(C)(C)Oc1ccc(C(C)C(=O)Nc2ccc(-c3ccc(C(F)(F)F)cc3)cc2)cc1C. The van der Waals surface area contributed by atoms with Gasteiger partial charge in [0, 0.05) is 5.69 Å². The highest BCUT2D eigenvalue weighted by molar-refractivity contribution is 5.95. The van der Waals surface area contributed by atoms with Gasteiger partial charge in [-0.15, -0.1) is 0 Å². The number of amides is 1. The Morgan fingerprint density at radius 2 is 1.49 bits per heavy atom. The van der Waals surface area contributed by atoms with Crippen molar-refractivity contribution < 1.29 is 32.2 Å². The van der Waals surface area contributed by atoms with Crippen molar-refractivity contribution in [3.8, 4) is 16.9 Å². The molecule has 0 spiro atoms. The van der Waals surface area contributed by atoms with E-state index in [1.807, 2.05) is 13.0 Å². The van der Waals surface area contributed by atoms with Crippen LogP contribution in [0.15, 0.2) is 66.7 Å². The van der Waals surface area contributed by atoms with Crippen LogP contribution in [0.25, 0.3) is 11.1 Å². The highest BCUT2D eigenvalue weighted by Crippen LogP contribution is 2.32. The van der Waals surface area contributed by atoms with Gasteiger partial charge in [-0.05, 0) is 87.2 Å². The van der Waals surface area contributed by atoms with Crippen molar-refractivity contribution in [2.45, 2.75) is 52.3 Å². The quantitative estimate of drug-likeness (QED) is 0.325. The summed E-state index contributed by atoms with van der Waals surface area (Å²) in [6.07, 6.45) is -4.38. The number of hydrogen-bond donors (Lipinski definition) is 1. The molecule has 0 aliphatic carbocycles. The Hall–Kier alpha value is -3.81. The predicted molar refractivity (Wildman–Crippen MR) is 136 cm³/mol. The number of rotatable bonds is 8. The molecular formula is C29H30F3NO4. The molecule has 1 unspecified atom stereocenters. The van der Waals surface area contributed by atoms with Crippen LogP contribution in [0.3, 0.4) is 0 Å². The molecule has 3 aromatic carbocycles. The summed E-state index contributed by atoms with van der Waals surface area (Å²) in [5, 5.41) is 2.87. The molecule has 0 fully saturated rings. The Morgan fingerprint density at radius 3 is 2.00 bits per heavy atom. The van der Waals surface area contributed by atoms with Crippen molar-refractivity contribution in [3.05, 3.63) is 83.4 Å². The van der Waals surface area contributed by atoms with Gasteiger partial charge in [0.2, 0.25) is 5.91 Å². The van der Waals surface area contributed by atoms with Gasteiger partial charge in [0.05, 0.1) is 18.1 Å². The van der Waals surface area contributed by atoms with Gasteiger partial charge >= 0.3 is 12.1 Å². The molecule has 8 heteroatoms. The van der Waals surface area contributed by atoms with Crippen molar-refractivity contribution in [2.75, 3.05) is 11.9 Å².